The standard InChI is InChI=1S/C21H24N2O4/c1-4-23-18-11-8-16(13-19(18)27-14(3)21(23)25)22-20(24)12-15-6-9-17(10-7-15)26-5-2/h6-11,13-14H,4-5,12H2,1-3H3,(H,22,24). The number of likely N-dealkylation sites (N-methyl/N-ethyl adjacent to an activating group) is 1. The second kappa shape index (κ2) is 8.12. The predicted molar refractivity (Wildman–Crippen MR) is 105 cm³/mol. The molecule has 2 aromatic carbocycles. The second-order valence-electron chi connectivity index (χ2n) is 6.33. The largest absolute Gasteiger partial charge is 0.494 e. The van der Waals surface area contributed by atoms with E-state index in [0.29, 0.717) is 24.6 Å². The Kier molecular flexibility index (Phi) is 5.64. The summed E-state index contributed by atoms with van der Waals surface area (Å²) in [6, 6.07) is 12.8. The van der Waals surface area contributed by atoms with Crippen LogP contribution in [0.25, 0.3) is 0 Å². The minimum absolute atomic E-state index is 0.0581. The van der Waals surface area contributed by atoms with Gasteiger partial charge in [-0.2, -0.15) is 0 Å². The highest BCUT2D eigenvalue weighted by Crippen LogP contribution is 2.36. The van der Waals surface area contributed by atoms with Crippen molar-refractivity contribution in [1.29, 1.82) is 0 Å². The van der Waals surface area contributed by atoms with Gasteiger partial charge in [0.2, 0.25) is 5.91 Å². The van der Waals surface area contributed by atoms with Crippen LogP contribution in [0.2, 0.25) is 0 Å². The molecule has 1 unspecified atom stereocenters. The lowest BCUT2D eigenvalue weighted by atomic mass is 10.1. The van der Waals surface area contributed by atoms with Crippen molar-refractivity contribution in [3.63, 3.8) is 0 Å². The molecule has 0 aliphatic carbocycles. The van der Waals surface area contributed by atoms with Crippen LogP contribution in [0.3, 0.4) is 0 Å². The topological polar surface area (TPSA) is 67.9 Å². The lowest BCUT2D eigenvalue weighted by Gasteiger charge is -2.32. The number of anilines is 2. The number of amides is 2. The number of fused-ring (bicyclic) bond motifs is 1. The number of hydrogen-bond donors (Lipinski definition) is 1. The van der Waals surface area contributed by atoms with Crippen LogP contribution >= 0.6 is 0 Å². The molecule has 0 fully saturated rings. The van der Waals surface area contributed by atoms with Gasteiger partial charge < -0.3 is 19.7 Å². The van der Waals surface area contributed by atoms with Gasteiger partial charge in [-0.05, 0) is 50.6 Å². The van der Waals surface area contributed by atoms with Gasteiger partial charge in [-0.1, -0.05) is 12.1 Å². The van der Waals surface area contributed by atoms with Crippen molar-refractivity contribution in [3.05, 3.63) is 48.0 Å². The van der Waals surface area contributed by atoms with Crippen molar-refractivity contribution in [3.8, 4) is 11.5 Å². The third-order valence-corrected chi connectivity index (χ3v) is 4.37. The average Bonchev–Trinajstić information content (AvgIpc) is 2.65. The van der Waals surface area contributed by atoms with Gasteiger partial charge in [-0.25, -0.2) is 0 Å². The van der Waals surface area contributed by atoms with Crippen LogP contribution in [-0.4, -0.2) is 31.1 Å². The van der Waals surface area contributed by atoms with Crippen LogP contribution in [0.15, 0.2) is 42.5 Å². The van der Waals surface area contributed by atoms with E-state index in [0.717, 1.165) is 17.0 Å². The van der Waals surface area contributed by atoms with E-state index in [9.17, 15) is 9.59 Å². The lowest BCUT2D eigenvalue weighted by Crippen LogP contribution is -2.44. The fourth-order valence-corrected chi connectivity index (χ4v) is 3.08. The molecular formula is C21H24N2O4. The summed E-state index contributed by atoms with van der Waals surface area (Å²) >= 11 is 0. The molecular weight excluding hydrogens is 344 g/mol. The van der Waals surface area contributed by atoms with Gasteiger partial charge in [0.05, 0.1) is 18.7 Å². The van der Waals surface area contributed by atoms with E-state index in [-0.39, 0.29) is 18.2 Å². The highest BCUT2D eigenvalue weighted by atomic mass is 16.5. The van der Waals surface area contributed by atoms with Gasteiger partial charge in [-0.15, -0.1) is 0 Å². The fourth-order valence-electron chi connectivity index (χ4n) is 3.08. The molecule has 1 heterocycles. The number of carbonyl (C=O) groups is 2. The molecule has 1 aliphatic rings. The first kappa shape index (κ1) is 18.8. The number of nitrogens with one attached hydrogen (secondary N) is 1. The number of nitrogens with zero attached hydrogens (tertiary/aromatic N) is 1. The molecule has 0 saturated heterocycles. The first-order valence-electron chi connectivity index (χ1n) is 9.15. The lowest BCUT2D eigenvalue weighted by molar-refractivity contribution is -0.125. The Morgan fingerprint density at radius 3 is 2.59 bits per heavy atom. The van der Waals surface area contributed by atoms with E-state index >= 15 is 0 Å². The molecule has 6 heteroatoms. The highest BCUT2D eigenvalue weighted by Gasteiger charge is 2.30. The Morgan fingerprint density at radius 1 is 1.19 bits per heavy atom. The predicted octanol–water partition coefficient (Wildman–Crippen LogP) is 3.40. The van der Waals surface area contributed by atoms with E-state index in [2.05, 4.69) is 5.32 Å². The minimum atomic E-state index is -0.535. The summed E-state index contributed by atoms with van der Waals surface area (Å²) in [7, 11) is 0. The van der Waals surface area contributed by atoms with Gasteiger partial charge in [0, 0.05) is 18.3 Å². The van der Waals surface area contributed by atoms with Gasteiger partial charge in [0.1, 0.15) is 11.5 Å². The summed E-state index contributed by atoms with van der Waals surface area (Å²) in [6.45, 7) is 6.76. The zero-order valence-corrected chi connectivity index (χ0v) is 15.8. The molecule has 6 nitrogen and oxygen atoms in total. The number of rotatable bonds is 6. The summed E-state index contributed by atoms with van der Waals surface area (Å²) in [4.78, 5) is 26.2. The van der Waals surface area contributed by atoms with Crippen LogP contribution < -0.4 is 19.7 Å². The maximum atomic E-state index is 12.3. The molecule has 1 atom stereocenters. The van der Waals surface area contributed by atoms with Crippen molar-refractivity contribution in [2.24, 2.45) is 0 Å². The maximum absolute atomic E-state index is 12.3. The Morgan fingerprint density at radius 2 is 1.93 bits per heavy atom. The summed E-state index contributed by atoms with van der Waals surface area (Å²) < 4.78 is 11.1. The Bertz CT molecular complexity index is 833. The molecule has 142 valence electrons. The summed E-state index contributed by atoms with van der Waals surface area (Å²) in [5.74, 6) is 1.21. The number of hydrogen-bond acceptors (Lipinski definition) is 4. The number of carbonyl (C=O) groups excluding carboxylic acids is 2. The van der Waals surface area contributed by atoms with Crippen molar-refractivity contribution in [2.45, 2.75) is 33.3 Å². The van der Waals surface area contributed by atoms with Gasteiger partial charge >= 0.3 is 0 Å². The average molecular weight is 368 g/mol. The molecule has 1 aliphatic heterocycles. The van der Waals surface area contributed by atoms with Crippen LogP contribution in [0.4, 0.5) is 11.4 Å². The molecule has 1 N–H and O–H groups in total. The van der Waals surface area contributed by atoms with Crippen molar-refractivity contribution in [1.82, 2.24) is 0 Å². The summed E-state index contributed by atoms with van der Waals surface area (Å²) in [6.07, 6.45) is -0.271. The molecule has 0 saturated carbocycles. The smallest absolute Gasteiger partial charge is 0.267 e. The fraction of sp³-hybridized carbons (Fsp3) is 0.333. The van der Waals surface area contributed by atoms with Crippen LogP contribution in [0, 0.1) is 0 Å². The Hall–Kier alpha value is -3.02. The molecule has 3 rings (SSSR count). The van der Waals surface area contributed by atoms with Crippen LogP contribution in [0.1, 0.15) is 26.3 Å². The Balaban J connectivity index is 1.68. The molecule has 2 aromatic rings. The molecule has 0 aromatic heterocycles. The van der Waals surface area contributed by atoms with Crippen LogP contribution in [-0.2, 0) is 16.0 Å². The molecule has 0 radical (unpaired) electrons. The Labute approximate surface area is 159 Å². The number of ether oxygens (including phenoxy) is 2. The van der Waals surface area contributed by atoms with E-state index in [4.69, 9.17) is 9.47 Å². The van der Waals surface area contributed by atoms with Gasteiger partial charge in [0.25, 0.3) is 5.91 Å². The normalized spacial score (nSPS) is 15.7. The third-order valence-electron chi connectivity index (χ3n) is 4.37. The summed E-state index contributed by atoms with van der Waals surface area (Å²) in [5.41, 5.74) is 2.27. The SMILES string of the molecule is CCOc1ccc(CC(=O)Nc2ccc3c(c2)OC(C)C(=O)N3CC)cc1. The van der Waals surface area contributed by atoms with E-state index in [1.807, 2.05) is 38.1 Å². The quantitative estimate of drug-likeness (QED) is 0.849. The first-order chi connectivity index (χ1) is 13.0. The first-order valence-corrected chi connectivity index (χ1v) is 9.15. The van der Waals surface area contributed by atoms with Gasteiger partial charge in [-0.3, -0.25) is 9.59 Å². The van der Waals surface area contributed by atoms with E-state index in [1.165, 1.54) is 0 Å². The zero-order chi connectivity index (χ0) is 19.4. The molecule has 2 amide bonds. The third kappa shape index (κ3) is 4.22. The zero-order valence-electron chi connectivity index (χ0n) is 15.8. The molecule has 27 heavy (non-hydrogen) atoms. The van der Waals surface area contributed by atoms with Crippen molar-refractivity contribution >= 4 is 23.2 Å². The van der Waals surface area contributed by atoms with Crippen molar-refractivity contribution in [2.75, 3.05) is 23.4 Å². The van der Waals surface area contributed by atoms with E-state index in [1.54, 1.807) is 30.0 Å². The summed E-state index contributed by atoms with van der Waals surface area (Å²) in [5, 5.41) is 2.89. The minimum Gasteiger partial charge on any atom is -0.494 e. The molecule has 0 bridgehead atoms. The monoisotopic (exact) mass is 368 g/mol. The maximum Gasteiger partial charge on any atom is 0.267 e. The van der Waals surface area contributed by atoms with E-state index < -0.39 is 6.10 Å². The van der Waals surface area contributed by atoms with Gasteiger partial charge in [0.15, 0.2) is 6.10 Å². The highest BCUT2D eigenvalue weighted by molar-refractivity contribution is 6.00. The second-order valence-corrected chi connectivity index (χ2v) is 6.33. The molecule has 0 spiro atoms. The van der Waals surface area contributed by atoms with Crippen LogP contribution in [0.5, 0.6) is 11.5 Å². The van der Waals surface area contributed by atoms with Crippen molar-refractivity contribution < 1.29 is 19.1 Å². The number of benzene rings is 2.